The standard InChI is InChI=1S/C18H29NO3S/c1-18(2,3)15-7-9-17(10-8-15)23(21,22)13-12-19-11-5-4-6-16(19)14-20/h7-10,16,20H,4-6,11-14H2,1-3H3. The van der Waals surface area contributed by atoms with Crippen LogP contribution in [0, 0.1) is 0 Å². The highest BCUT2D eigenvalue weighted by Gasteiger charge is 2.24. The number of hydrogen-bond acceptors (Lipinski definition) is 4. The molecule has 0 saturated carbocycles. The third-order valence-corrected chi connectivity index (χ3v) is 6.40. The zero-order chi connectivity index (χ0) is 17.1. The first-order valence-corrected chi connectivity index (χ1v) is 10.1. The Hall–Kier alpha value is -0.910. The van der Waals surface area contributed by atoms with Crippen molar-refractivity contribution >= 4 is 9.84 Å². The number of benzene rings is 1. The van der Waals surface area contributed by atoms with Crippen molar-refractivity contribution in [2.45, 2.75) is 56.4 Å². The lowest BCUT2D eigenvalue weighted by Crippen LogP contribution is -2.44. The van der Waals surface area contributed by atoms with Crippen LogP contribution < -0.4 is 0 Å². The molecule has 0 spiro atoms. The molecule has 1 N–H and O–H groups in total. The molecule has 1 aromatic rings. The number of rotatable bonds is 5. The molecule has 1 heterocycles. The van der Waals surface area contributed by atoms with E-state index >= 15 is 0 Å². The van der Waals surface area contributed by atoms with Crippen LogP contribution in [0.5, 0.6) is 0 Å². The molecular formula is C18H29NO3S. The van der Waals surface area contributed by atoms with Gasteiger partial charge in [0.15, 0.2) is 9.84 Å². The van der Waals surface area contributed by atoms with Gasteiger partial charge in [-0.05, 0) is 42.5 Å². The van der Waals surface area contributed by atoms with Gasteiger partial charge in [-0.2, -0.15) is 0 Å². The van der Waals surface area contributed by atoms with E-state index in [1.165, 1.54) is 0 Å². The van der Waals surface area contributed by atoms with E-state index in [9.17, 15) is 13.5 Å². The first-order valence-electron chi connectivity index (χ1n) is 8.42. The smallest absolute Gasteiger partial charge is 0.179 e. The lowest BCUT2D eigenvalue weighted by molar-refractivity contribution is 0.0958. The quantitative estimate of drug-likeness (QED) is 0.896. The van der Waals surface area contributed by atoms with Crippen LogP contribution in [-0.4, -0.2) is 49.9 Å². The fourth-order valence-electron chi connectivity index (χ4n) is 3.08. The highest BCUT2D eigenvalue weighted by Crippen LogP contribution is 2.24. The summed E-state index contributed by atoms with van der Waals surface area (Å²) in [7, 11) is -3.28. The van der Waals surface area contributed by atoms with Crippen LogP contribution in [-0.2, 0) is 15.3 Å². The third-order valence-electron chi connectivity index (χ3n) is 4.69. The molecule has 0 amide bonds. The number of sulfone groups is 1. The van der Waals surface area contributed by atoms with Gasteiger partial charge in [-0.25, -0.2) is 8.42 Å². The third kappa shape index (κ3) is 4.78. The second kappa shape index (κ2) is 7.32. The van der Waals surface area contributed by atoms with Crippen molar-refractivity contribution in [1.29, 1.82) is 0 Å². The first kappa shape index (κ1) is 18.4. The molecule has 1 fully saturated rings. The van der Waals surface area contributed by atoms with Crippen LogP contribution >= 0.6 is 0 Å². The molecule has 0 aliphatic carbocycles. The average molecular weight is 340 g/mol. The van der Waals surface area contributed by atoms with Crippen molar-refractivity contribution in [2.24, 2.45) is 0 Å². The minimum absolute atomic E-state index is 0.0183. The van der Waals surface area contributed by atoms with Gasteiger partial charge in [0.05, 0.1) is 17.3 Å². The summed E-state index contributed by atoms with van der Waals surface area (Å²) in [6.45, 7) is 7.82. The van der Waals surface area contributed by atoms with Gasteiger partial charge in [-0.3, -0.25) is 4.90 Å². The first-order chi connectivity index (χ1) is 10.7. The lowest BCUT2D eigenvalue weighted by atomic mass is 9.87. The zero-order valence-electron chi connectivity index (χ0n) is 14.5. The van der Waals surface area contributed by atoms with Crippen LogP contribution in [0.4, 0.5) is 0 Å². The molecule has 0 radical (unpaired) electrons. The minimum atomic E-state index is -3.28. The van der Waals surface area contributed by atoms with Gasteiger partial charge >= 0.3 is 0 Å². The Balaban J connectivity index is 2.04. The summed E-state index contributed by atoms with van der Waals surface area (Å²) in [5.74, 6) is 0.109. The van der Waals surface area contributed by atoms with Crippen LogP contribution in [0.2, 0.25) is 0 Å². The Morgan fingerprint density at radius 1 is 1.17 bits per heavy atom. The summed E-state index contributed by atoms with van der Waals surface area (Å²) in [6, 6.07) is 7.36. The molecule has 130 valence electrons. The molecule has 1 atom stereocenters. The van der Waals surface area contributed by atoms with Gasteiger partial charge in [-0.15, -0.1) is 0 Å². The maximum atomic E-state index is 12.5. The van der Waals surface area contributed by atoms with Gasteiger partial charge in [0.2, 0.25) is 0 Å². The summed E-state index contributed by atoms with van der Waals surface area (Å²) in [6.07, 6.45) is 3.15. The van der Waals surface area contributed by atoms with E-state index in [1.807, 2.05) is 12.1 Å². The van der Waals surface area contributed by atoms with E-state index in [2.05, 4.69) is 25.7 Å². The van der Waals surface area contributed by atoms with Crippen molar-refractivity contribution in [3.05, 3.63) is 29.8 Å². The molecule has 5 heteroatoms. The fraction of sp³-hybridized carbons (Fsp3) is 0.667. The van der Waals surface area contributed by atoms with Gasteiger partial charge < -0.3 is 5.11 Å². The summed E-state index contributed by atoms with van der Waals surface area (Å²) < 4.78 is 25.1. The van der Waals surface area contributed by atoms with Crippen molar-refractivity contribution in [3.63, 3.8) is 0 Å². The Morgan fingerprint density at radius 3 is 2.39 bits per heavy atom. The second-order valence-electron chi connectivity index (χ2n) is 7.46. The van der Waals surface area contributed by atoms with Crippen LogP contribution in [0.15, 0.2) is 29.2 Å². The molecular weight excluding hydrogens is 310 g/mol. The van der Waals surface area contributed by atoms with E-state index in [1.54, 1.807) is 12.1 Å². The highest BCUT2D eigenvalue weighted by atomic mass is 32.2. The molecule has 1 aliphatic rings. The molecule has 0 bridgehead atoms. The maximum absolute atomic E-state index is 12.5. The molecule has 1 aliphatic heterocycles. The predicted octanol–water partition coefficient (Wildman–Crippen LogP) is 2.60. The Morgan fingerprint density at radius 2 is 1.83 bits per heavy atom. The number of likely N-dealkylation sites (tertiary alicyclic amines) is 1. The van der Waals surface area contributed by atoms with Gasteiger partial charge in [0.25, 0.3) is 0 Å². The van der Waals surface area contributed by atoms with Crippen molar-refractivity contribution in [2.75, 3.05) is 25.4 Å². The minimum Gasteiger partial charge on any atom is -0.395 e. The van der Waals surface area contributed by atoms with Gasteiger partial charge in [0.1, 0.15) is 0 Å². The maximum Gasteiger partial charge on any atom is 0.179 e. The molecule has 1 unspecified atom stereocenters. The topological polar surface area (TPSA) is 57.6 Å². The van der Waals surface area contributed by atoms with E-state index in [0.717, 1.165) is 31.4 Å². The molecule has 0 aromatic heterocycles. The molecule has 23 heavy (non-hydrogen) atoms. The Bertz CT molecular complexity index is 602. The summed E-state index contributed by atoms with van der Waals surface area (Å²) >= 11 is 0. The molecule has 1 saturated heterocycles. The molecule has 1 aromatic carbocycles. The zero-order valence-corrected chi connectivity index (χ0v) is 15.3. The highest BCUT2D eigenvalue weighted by molar-refractivity contribution is 7.91. The van der Waals surface area contributed by atoms with Crippen LogP contribution in [0.3, 0.4) is 0 Å². The number of nitrogens with zero attached hydrogens (tertiary/aromatic N) is 1. The summed E-state index contributed by atoms with van der Waals surface area (Å²) in [5, 5.41) is 9.42. The monoisotopic (exact) mass is 339 g/mol. The van der Waals surface area contributed by atoms with E-state index in [-0.39, 0.29) is 23.8 Å². The van der Waals surface area contributed by atoms with Gasteiger partial charge in [-0.1, -0.05) is 39.3 Å². The lowest BCUT2D eigenvalue weighted by Gasteiger charge is -2.34. The van der Waals surface area contributed by atoms with Crippen LogP contribution in [0.1, 0.15) is 45.6 Å². The second-order valence-corrected chi connectivity index (χ2v) is 9.57. The number of piperidine rings is 1. The summed E-state index contributed by atoms with van der Waals surface area (Å²) in [4.78, 5) is 2.51. The molecule has 2 rings (SSSR count). The largest absolute Gasteiger partial charge is 0.395 e. The van der Waals surface area contributed by atoms with Crippen molar-refractivity contribution in [3.8, 4) is 0 Å². The van der Waals surface area contributed by atoms with Crippen molar-refractivity contribution in [1.82, 2.24) is 4.90 Å². The van der Waals surface area contributed by atoms with E-state index < -0.39 is 9.84 Å². The number of aliphatic hydroxyl groups is 1. The van der Waals surface area contributed by atoms with E-state index in [4.69, 9.17) is 0 Å². The average Bonchev–Trinajstić information content (AvgIpc) is 2.52. The van der Waals surface area contributed by atoms with E-state index in [0.29, 0.717) is 11.4 Å². The SMILES string of the molecule is CC(C)(C)c1ccc(S(=O)(=O)CCN2CCCCC2CO)cc1. The number of aliphatic hydroxyl groups excluding tert-OH is 1. The molecule has 4 nitrogen and oxygen atoms in total. The normalized spacial score (nSPS) is 20.6. The van der Waals surface area contributed by atoms with Gasteiger partial charge in [0, 0.05) is 12.6 Å². The fourth-order valence-corrected chi connectivity index (χ4v) is 4.34. The van der Waals surface area contributed by atoms with Crippen LogP contribution in [0.25, 0.3) is 0 Å². The Kier molecular flexibility index (Phi) is 5.87. The Labute approximate surface area is 140 Å². The number of hydrogen-bond donors (Lipinski definition) is 1. The predicted molar refractivity (Wildman–Crippen MR) is 93.5 cm³/mol. The van der Waals surface area contributed by atoms with Crippen molar-refractivity contribution < 1.29 is 13.5 Å². The summed E-state index contributed by atoms with van der Waals surface area (Å²) in [5.41, 5.74) is 1.15.